The first-order valence-electron chi connectivity index (χ1n) is 10.3. The minimum Gasteiger partial charge on any atom is -0.378 e. The summed E-state index contributed by atoms with van der Waals surface area (Å²) in [5.74, 6) is -0.455. The van der Waals surface area contributed by atoms with Crippen molar-refractivity contribution in [2.45, 2.75) is 6.54 Å². The van der Waals surface area contributed by atoms with Crippen molar-refractivity contribution < 1.29 is 14.3 Å². The van der Waals surface area contributed by atoms with Gasteiger partial charge in [-0.05, 0) is 28.8 Å². The van der Waals surface area contributed by atoms with Crippen molar-refractivity contribution in [3.05, 3.63) is 59.1 Å². The maximum atomic E-state index is 10.6. The van der Waals surface area contributed by atoms with Gasteiger partial charge < -0.3 is 15.2 Å². The average molecular weight is 505 g/mol. The number of piperazine rings is 1. The van der Waals surface area contributed by atoms with E-state index in [9.17, 15) is 4.79 Å². The lowest BCUT2D eigenvalue weighted by Gasteiger charge is -2.35. The van der Waals surface area contributed by atoms with E-state index in [1.165, 1.54) is 16.7 Å². The average Bonchev–Trinajstić information content (AvgIpc) is 2.75. The van der Waals surface area contributed by atoms with E-state index in [-0.39, 0.29) is 31.4 Å². The van der Waals surface area contributed by atoms with E-state index < -0.39 is 5.91 Å². The summed E-state index contributed by atoms with van der Waals surface area (Å²) >= 11 is 6.04. The molecule has 0 spiro atoms. The predicted molar refractivity (Wildman–Crippen MR) is 134 cm³/mol. The molecule has 0 atom stereocenters. The maximum Gasteiger partial charge on any atom is 0.243 e. The second kappa shape index (κ2) is 15.5. The van der Waals surface area contributed by atoms with E-state index in [2.05, 4.69) is 46.2 Å². The number of nitrogens with two attached hydrogens (primary N) is 1. The topological polar surface area (TPSA) is 68.0 Å². The number of hydrogen-bond acceptors (Lipinski definition) is 5. The second-order valence-electron chi connectivity index (χ2n) is 7.41. The fourth-order valence-electron chi connectivity index (χ4n) is 3.57. The fourth-order valence-corrected chi connectivity index (χ4v) is 3.69. The number of nitrogens with zero attached hydrogens (tertiary/aromatic N) is 2. The quantitative estimate of drug-likeness (QED) is 0.475. The van der Waals surface area contributed by atoms with Crippen molar-refractivity contribution >= 4 is 42.3 Å². The molecule has 32 heavy (non-hydrogen) atoms. The van der Waals surface area contributed by atoms with Gasteiger partial charge in [0.25, 0.3) is 0 Å². The Balaban J connectivity index is 0.00000256. The molecule has 0 bridgehead atoms. The van der Waals surface area contributed by atoms with Crippen LogP contribution in [-0.2, 0) is 20.8 Å². The van der Waals surface area contributed by atoms with Crippen LogP contribution in [0.5, 0.6) is 0 Å². The molecule has 6 nitrogen and oxygen atoms in total. The zero-order valence-electron chi connectivity index (χ0n) is 18.1. The van der Waals surface area contributed by atoms with Crippen molar-refractivity contribution in [2.75, 3.05) is 59.2 Å². The number of amides is 1. The molecular formula is C23H32Cl3N3O3. The highest BCUT2D eigenvalue weighted by Gasteiger charge is 2.18. The highest BCUT2D eigenvalue weighted by Crippen LogP contribution is 2.26. The van der Waals surface area contributed by atoms with Crippen LogP contribution in [0.4, 0.5) is 0 Å². The van der Waals surface area contributed by atoms with Gasteiger partial charge in [-0.3, -0.25) is 14.6 Å². The summed E-state index contributed by atoms with van der Waals surface area (Å²) in [7, 11) is 0. The monoisotopic (exact) mass is 503 g/mol. The molecule has 178 valence electrons. The molecule has 9 heteroatoms. The molecule has 1 aliphatic rings. The Morgan fingerprint density at radius 2 is 1.50 bits per heavy atom. The molecular weight excluding hydrogens is 473 g/mol. The highest BCUT2D eigenvalue weighted by atomic mass is 35.5. The zero-order valence-corrected chi connectivity index (χ0v) is 20.5. The second-order valence-corrected chi connectivity index (χ2v) is 7.85. The van der Waals surface area contributed by atoms with Crippen LogP contribution in [0, 0.1) is 0 Å². The van der Waals surface area contributed by atoms with Crippen molar-refractivity contribution in [3.63, 3.8) is 0 Å². The van der Waals surface area contributed by atoms with Crippen molar-refractivity contribution in [3.8, 4) is 11.1 Å². The van der Waals surface area contributed by atoms with Crippen molar-refractivity contribution in [2.24, 2.45) is 5.73 Å². The number of primary amides is 1. The smallest absolute Gasteiger partial charge is 0.243 e. The summed E-state index contributed by atoms with van der Waals surface area (Å²) < 4.78 is 10.7. The fraction of sp³-hybridized carbons (Fsp3) is 0.435. The molecule has 0 aromatic heterocycles. The normalized spacial score (nSPS) is 14.4. The van der Waals surface area contributed by atoms with Crippen LogP contribution in [0.15, 0.2) is 48.5 Å². The van der Waals surface area contributed by atoms with Gasteiger partial charge in [0.15, 0.2) is 0 Å². The van der Waals surface area contributed by atoms with Crippen LogP contribution < -0.4 is 5.73 Å². The Morgan fingerprint density at radius 1 is 0.875 bits per heavy atom. The lowest BCUT2D eigenvalue weighted by molar-refractivity contribution is -0.123. The Bertz CT molecular complexity index is 801. The van der Waals surface area contributed by atoms with Crippen LogP contribution in [0.1, 0.15) is 5.56 Å². The molecule has 0 unspecified atom stereocenters. The molecule has 1 fully saturated rings. The Morgan fingerprint density at radius 3 is 2.19 bits per heavy atom. The van der Waals surface area contributed by atoms with Gasteiger partial charge in [-0.2, -0.15) is 0 Å². The molecule has 2 N–H and O–H groups in total. The molecule has 2 aromatic rings. The van der Waals surface area contributed by atoms with E-state index in [1.807, 2.05) is 12.1 Å². The minimum absolute atomic E-state index is 0. The van der Waals surface area contributed by atoms with E-state index in [0.717, 1.165) is 44.3 Å². The predicted octanol–water partition coefficient (Wildman–Crippen LogP) is 3.49. The molecule has 1 aliphatic heterocycles. The van der Waals surface area contributed by atoms with Gasteiger partial charge in [0.05, 0.1) is 19.8 Å². The Kier molecular flexibility index (Phi) is 13.8. The van der Waals surface area contributed by atoms with Crippen LogP contribution in [-0.4, -0.2) is 74.9 Å². The summed E-state index contributed by atoms with van der Waals surface area (Å²) in [6.07, 6.45) is 0. The number of halogens is 3. The molecule has 0 saturated carbocycles. The third-order valence-electron chi connectivity index (χ3n) is 5.20. The molecule has 1 amide bonds. The lowest BCUT2D eigenvalue weighted by atomic mass is 9.99. The van der Waals surface area contributed by atoms with Gasteiger partial charge in [-0.15, -0.1) is 24.8 Å². The summed E-state index contributed by atoms with van der Waals surface area (Å²) in [6, 6.07) is 16.6. The summed E-state index contributed by atoms with van der Waals surface area (Å²) in [4.78, 5) is 15.5. The van der Waals surface area contributed by atoms with Crippen molar-refractivity contribution in [1.29, 1.82) is 0 Å². The number of carbonyl (C=O) groups is 1. The number of hydrogen-bond donors (Lipinski definition) is 1. The van der Waals surface area contributed by atoms with E-state index >= 15 is 0 Å². The molecule has 0 radical (unpaired) electrons. The molecule has 3 rings (SSSR count). The van der Waals surface area contributed by atoms with Gasteiger partial charge in [0.1, 0.15) is 6.61 Å². The molecule has 2 aromatic carbocycles. The third kappa shape index (κ3) is 9.63. The van der Waals surface area contributed by atoms with E-state index in [4.69, 9.17) is 26.8 Å². The minimum atomic E-state index is -0.455. The van der Waals surface area contributed by atoms with Crippen LogP contribution in [0.3, 0.4) is 0 Å². The lowest BCUT2D eigenvalue weighted by Crippen LogP contribution is -2.46. The first kappa shape index (κ1) is 28.7. The zero-order chi connectivity index (χ0) is 21.2. The summed E-state index contributed by atoms with van der Waals surface area (Å²) in [6.45, 7) is 7.48. The van der Waals surface area contributed by atoms with Crippen molar-refractivity contribution in [1.82, 2.24) is 9.80 Å². The molecule has 1 saturated heterocycles. The van der Waals surface area contributed by atoms with E-state index in [0.29, 0.717) is 19.8 Å². The number of ether oxygens (including phenoxy) is 2. The first-order chi connectivity index (χ1) is 14.6. The van der Waals surface area contributed by atoms with Crippen LogP contribution in [0.2, 0.25) is 5.02 Å². The summed E-state index contributed by atoms with van der Waals surface area (Å²) in [5.41, 5.74) is 8.82. The Labute approximate surface area is 207 Å². The van der Waals surface area contributed by atoms with Crippen LogP contribution >= 0.6 is 36.4 Å². The van der Waals surface area contributed by atoms with Gasteiger partial charge in [0, 0.05) is 44.3 Å². The number of benzene rings is 2. The SMILES string of the molecule is Cl.Cl.NC(=O)COCCOCCN1CCN(Cc2ccccc2-c2ccc(Cl)cc2)CC1. The highest BCUT2D eigenvalue weighted by molar-refractivity contribution is 6.30. The van der Waals surface area contributed by atoms with E-state index in [1.54, 1.807) is 0 Å². The van der Waals surface area contributed by atoms with Gasteiger partial charge in [0.2, 0.25) is 5.91 Å². The molecule has 1 heterocycles. The first-order valence-corrected chi connectivity index (χ1v) is 10.7. The molecule has 0 aliphatic carbocycles. The Hall–Kier alpha value is -1.38. The number of carbonyl (C=O) groups excluding carboxylic acids is 1. The largest absolute Gasteiger partial charge is 0.378 e. The van der Waals surface area contributed by atoms with Crippen LogP contribution in [0.25, 0.3) is 11.1 Å². The third-order valence-corrected chi connectivity index (χ3v) is 5.45. The summed E-state index contributed by atoms with van der Waals surface area (Å²) in [5, 5.41) is 0.759. The van der Waals surface area contributed by atoms with Gasteiger partial charge in [-0.1, -0.05) is 48.0 Å². The van der Waals surface area contributed by atoms with Gasteiger partial charge in [-0.25, -0.2) is 0 Å². The number of rotatable bonds is 11. The standard InChI is InChI=1S/C23H30ClN3O3.2ClH/c24-21-7-5-19(6-8-21)22-4-2-1-3-20(22)17-27-11-9-26(10-12-27)13-14-29-15-16-30-18-23(25)28;;/h1-8H,9-18H2,(H2,25,28);2*1H. The maximum absolute atomic E-state index is 10.6. The van der Waals surface area contributed by atoms with Gasteiger partial charge >= 0.3 is 0 Å².